The number of nitrogens with one attached hydrogen (secondary N) is 1. The number of fused-ring (bicyclic) bond motifs is 1. The number of rotatable bonds is 2. The molecule has 0 saturated heterocycles. The minimum absolute atomic E-state index is 0.120. The second-order valence-electron chi connectivity index (χ2n) is 5.23. The van der Waals surface area contributed by atoms with Gasteiger partial charge in [0.2, 0.25) is 0 Å². The summed E-state index contributed by atoms with van der Waals surface area (Å²) in [7, 11) is 3.49. The Balaban J connectivity index is 0.000000771. The van der Waals surface area contributed by atoms with Gasteiger partial charge < -0.3 is 15.6 Å². The Hall–Kier alpha value is -1.32. The molecular formula is C15H25N3. The molecule has 0 amide bonds. The zero-order valence-electron chi connectivity index (χ0n) is 12.1. The van der Waals surface area contributed by atoms with E-state index in [1.165, 1.54) is 23.6 Å². The van der Waals surface area contributed by atoms with E-state index < -0.39 is 0 Å². The molecule has 1 heterocycles. The van der Waals surface area contributed by atoms with Gasteiger partial charge >= 0.3 is 0 Å². The Bertz CT molecular complexity index is 492. The first-order valence-corrected chi connectivity index (χ1v) is 6.36. The molecule has 3 heteroatoms. The van der Waals surface area contributed by atoms with Crippen LogP contribution in [0.5, 0.6) is 0 Å². The molecule has 2 rings (SSSR count). The molecule has 0 aliphatic carbocycles. The van der Waals surface area contributed by atoms with Crippen LogP contribution in [0.4, 0.5) is 0 Å². The van der Waals surface area contributed by atoms with Crippen molar-refractivity contribution in [3.05, 3.63) is 36.0 Å². The van der Waals surface area contributed by atoms with Crippen LogP contribution in [0.3, 0.4) is 0 Å². The van der Waals surface area contributed by atoms with Gasteiger partial charge in [-0.05, 0) is 52.4 Å². The minimum Gasteiger partial charge on any atom is -0.338 e. The predicted molar refractivity (Wildman–Crippen MR) is 79.8 cm³/mol. The summed E-state index contributed by atoms with van der Waals surface area (Å²) in [5, 5.41) is 4.56. The highest BCUT2D eigenvalue weighted by molar-refractivity contribution is 5.81. The third kappa shape index (κ3) is 2.92. The SMILES string of the molecule is CN.CNCc1cc2ccccc2n1C(C)(C)C. The smallest absolute Gasteiger partial charge is 0.0487 e. The van der Waals surface area contributed by atoms with Crippen LogP contribution in [-0.4, -0.2) is 18.7 Å². The van der Waals surface area contributed by atoms with E-state index in [0.29, 0.717) is 0 Å². The summed E-state index contributed by atoms with van der Waals surface area (Å²) in [5.74, 6) is 0. The lowest BCUT2D eigenvalue weighted by molar-refractivity contribution is 0.395. The summed E-state index contributed by atoms with van der Waals surface area (Å²) < 4.78 is 2.42. The lowest BCUT2D eigenvalue weighted by Gasteiger charge is -2.26. The highest BCUT2D eigenvalue weighted by Crippen LogP contribution is 2.27. The Kier molecular flexibility index (Phi) is 4.93. The maximum Gasteiger partial charge on any atom is 0.0487 e. The monoisotopic (exact) mass is 247 g/mol. The maximum atomic E-state index is 4.50. The van der Waals surface area contributed by atoms with Crippen molar-refractivity contribution >= 4 is 10.9 Å². The molecule has 3 N–H and O–H groups in total. The Labute approximate surface area is 110 Å². The number of nitrogens with zero attached hydrogens (tertiary/aromatic N) is 1. The maximum absolute atomic E-state index is 4.50. The summed E-state index contributed by atoms with van der Waals surface area (Å²) in [6, 6.07) is 10.8. The molecule has 0 aliphatic heterocycles. The molecule has 1 aromatic carbocycles. The Morgan fingerprint density at radius 2 is 1.78 bits per heavy atom. The van der Waals surface area contributed by atoms with Crippen molar-refractivity contribution in [2.24, 2.45) is 5.73 Å². The van der Waals surface area contributed by atoms with E-state index in [0.717, 1.165) is 6.54 Å². The molecule has 1 aromatic heterocycles. The van der Waals surface area contributed by atoms with Crippen LogP contribution in [-0.2, 0) is 12.1 Å². The van der Waals surface area contributed by atoms with Crippen LogP contribution in [0.1, 0.15) is 26.5 Å². The van der Waals surface area contributed by atoms with Crippen molar-refractivity contribution in [3.63, 3.8) is 0 Å². The van der Waals surface area contributed by atoms with E-state index in [2.05, 4.69) is 66.7 Å². The van der Waals surface area contributed by atoms with Gasteiger partial charge in [-0.15, -0.1) is 0 Å². The van der Waals surface area contributed by atoms with E-state index in [1.54, 1.807) is 0 Å². The quantitative estimate of drug-likeness (QED) is 0.857. The van der Waals surface area contributed by atoms with Gasteiger partial charge in [0, 0.05) is 23.3 Å². The van der Waals surface area contributed by atoms with E-state index in [-0.39, 0.29) is 5.54 Å². The molecule has 0 bridgehead atoms. The van der Waals surface area contributed by atoms with Gasteiger partial charge in [-0.3, -0.25) is 0 Å². The molecule has 0 saturated carbocycles. The summed E-state index contributed by atoms with van der Waals surface area (Å²) in [5.41, 5.74) is 7.28. The van der Waals surface area contributed by atoms with Crippen molar-refractivity contribution in [1.29, 1.82) is 0 Å². The zero-order chi connectivity index (χ0) is 13.8. The largest absolute Gasteiger partial charge is 0.338 e. The standard InChI is InChI=1S/C14H20N2.CH5N/c1-14(2,3)16-12(10-15-4)9-11-7-5-6-8-13(11)16;1-2/h5-9,15H,10H2,1-4H3;2H2,1H3. The van der Waals surface area contributed by atoms with E-state index in [1.807, 2.05) is 7.05 Å². The third-order valence-electron chi connectivity index (χ3n) is 2.82. The Morgan fingerprint density at radius 1 is 1.17 bits per heavy atom. The van der Waals surface area contributed by atoms with Gasteiger partial charge in [0.05, 0.1) is 0 Å². The molecule has 2 aromatic rings. The van der Waals surface area contributed by atoms with E-state index >= 15 is 0 Å². The minimum atomic E-state index is 0.120. The number of para-hydroxylation sites is 1. The third-order valence-corrected chi connectivity index (χ3v) is 2.82. The lowest BCUT2D eigenvalue weighted by atomic mass is 10.1. The van der Waals surface area contributed by atoms with Crippen molar-refractivity contribution in [3.8, 4) is 0 Å². The van der Waals surface area contributed by atoms with Crippen LogP contribution >= 0.6 is 0 Å². The number of nitrogens with two attached hydrogens (primary N) is 1. The molecule has 3 nitrogen and oxygen atoms in total. The molecule has 100 valence electrons. The van der Waals surface area contributed by atoms with Crippen molar-refractivity contribution in [1.82, 2.24) is 9.88 Å². The lowest BCUT2D eigenvalue weighted by Crippen LogP contribution is -2.25. The topological polar surface area (TPSA) is 43.0 Å². The fourth-order valence-electron chi connectivity index (χ4n) is 2.32. The van der Waals surface area contributed by atoms with E-state index in [4.69, 9.17) is 0 Å². The normalized spacial score (nSPS) is 11.2. The summed E-state index contributed by atoms with van der Waals surface area (Å²) in [4.78, 5) is 0. The van der Waals surface area contributed by atoms with Crippen LogP contribution in [0, 0.1) is 0 Å². The van der Waals surface area contributed by atoms with Gasteiger partial charge in [0.15, 0.2) is 0 Å². The van der Waals surface area contributed by atoms with Gasteiger partial charge in [0.1, 0.15) is 0 Å². The molecule has 0 radical (unpaired) electrons. The first-order valence-electron chi connectivity index (χ1n) is 6.36. The van der Waals surface area contributed by atoms with Gasteiger partial charge in [-0.2, -0.15) is 0 Å². The molecule has 0 aliphatic rings. The van der Waals surface area contributed by atoms with Crippen molar-refractivity contribution in [2.75, 3.05) is 14.1 Å². The summed E-state index contributed by atoms with van der Waals surface area (Å²) in [6.07, 6.45) is 0. The molecule has 18 heavy (non-hydrogen) atoms. The van der Waals surface area contributed by atoms with Crippen LogP contribution < -0.4 is 11.1 Å². The van der Waals surface area contributed by atoms with Crippen LogP contribution in [0.2, 0.25) is 0 Å². The molecular weight excluding hydrogens is 222 g/mol. The van der Waals surface area contributed by atoms with Crippen LogP contribution in [0.15, 0.2) is 30.3 Å². The number of hydrogen-bond donors (Lipinski definition) is 2. The first kappa shape index (κ1) is 14.7. The second kappa shape index (κ2) is 6.03. The average Bonchev–Trinajstić information content (AvgIpc) is 2.69. The Morgan fingerprint density at radius 3 is 2.33 bits per heavy atom. The average molecular weight is 247 g/mol. The fourth-order valence-corrected chi connectivity index (χ4v) is 2.32. The molecule has 0 atom stereocenters. The molecule has 0 fully saturated rings. The van der Waals surface area contributed by atoms with Crippen LogP contribution in [0.25, 0.3) is 10.9 Å². The molecule has 0 spiro atoms. The predicted octanol–water partition coefficient (Wildman–Crippen LogP) is 2.69. The number of aromatic nitrogens is 1. The van der Waals surface area contributed by atoms with Crippen molar-refractivity contribution < 1.29 is 0 Å². The van der Waals surface area contributed by atoms with E-state index in [9.17, 15) is 0 Å². The first-order chi connectivity index (χ1) is 8.54. The summed E-state index contributed by atoms with van der Waals surface area (Å²) in [6.45, 7) is 7.65. The van der Waals surface area contributed by atoms with Crippen molar-refractivity contribution in [2.45, 2.75) is 32.9 Å². The number of benzene rings is 1. The van der Waals surface area contributed by atoms with Gasteiger partial charge in [0.25, 0.3) is 0 Å². The van der Waals surface area contributed by atoms with Gasteiger partial charge in [-0.1, -0.05) is 18.2 Å². The zero-order valence-corrected chi connectivity index (χ0v) is 12.1. The summed E-state index contributed by atoms with van der Waals surface area (Å²) >= 11 is 0. The highest BCUT2D eigenvalue weighted by atomic mass is 15.1. The second-order valence-corrected chi connectivity index (χ2v) is 5.23. The number of hydrogen-bond acceptors (Lipinski definition) is 2. The highest BCUT2D eigenvalue weighted by Gasteiger charge is 2.19. The molecule has 0 unspecified atom stereocenters. The van der Waals surface area contributed by atoms with Gasteiger partial charge in [-0.25, -0.2) is 0 Å². The fraction of sp³-hybridized carbons (Fsp3) is 0.467.